The molecule has 0 bridgehead atoms. The molecule has 25 heavy (non-hydrogen) atoms. The van der Waals surface area contributed by atoms with Crippen LogP contribution in [0.2, 0.25) is 0 Å². The molecule has 3 rings (SSSR count). The van der Waals surface area contributed by atoms with Crippen LogP contribution < -0.4 is 10.6 Å². The molecule has 1 atom stereocenters. The highest BCUT2D eigenvalue weighted by Crippen LogP contribution is 2.25. The zero-order chi connectivity index (χ0) is 16.6. The molecular formula is C17H23Cl2FN4O. The van der Waals surface area contributed by atoms with Crippen LogP contribution in [0.25, 0.3) is 0 Å². The van der Waals surface area contributed by atoms with Crippen LogP contribution in [0.15, 0.2) is 18.2 Å². The first kappa shape index (κ1) is 21.4. The Kier molecular flexibility index (Phi) is 7.41. The topological polar surface area (TPSA) is 59.0 Å². The van der Waals surface area contributed by atoms with Gasteiger partial charge in [-0.3, -0.25) is 9.48 Å². The van der Waals surface area contributed by atoms with Crippen LogP contribution in [-0.2, 0) is 17.8 Å². The molecule has 2 heterocycles. The van der Waals surface area contributed by atoms with Gasteiger partial charge in [0.1, 0.15) is 11.9 Å². The summed E-state index contributed by atoms with van der Waals surface area (Å²) >= 11 is 0. The van der Waals surface area contributed by atoms with E-state index in [1.165, 1.54) is 0 Å². The average Bonchev–Trinajstić information content (AvgIpc) is 2.88. The summed E-state index contributed by atoms with van der Waals surface area (Å²) in [7, 11) is 0. The number of fused-ring (bicyclic) bond motifs is 1. The molecule has 0 spiro atoms. The number of nitrogens with one attached hydrogen (secondary N) is 2. The Bertz CT molecular complexity index is 763. The number of rotatable bonds is 3. The molecule has 1 aromatic carbocycles. The first-order valence-electron chi connectivity index (χ1n) is 7.82. The second-order valence-corrected chi connectivity index (χ2v) is 6.03. The summed E-state index contributed by atoms with van der Waals surface area (Å²) in [6.45, 7) is 6.96. The molecular weight excluding hydrogens is 366 g/mol. The van der Waals surface area contributed by atoms with Gasteiger partial charge in [0.15, 0.2) is 0 Å². The average molecular weight is 389 g/mol. The fourth-order valence-corrected chi connectivity index (χ4v) is 3.02. The normalized spacial score (nSPS) is 13.9. The number of benzene rings is 1. The lowest BCUT2D eigenvalue weighted by atomic mass is 9.99. The maximum absolute atomic E-state index is 14.6. The van der Waals surface area contributed by atoms with E-state index < -0.39 is 6.04 Å². The Morgan fingerprint density at radius 3 is 2.72 bits per heavy atom. The van der Waals surface area contributed by atoms with Gasteiger partial charge in [-0.15, -0.1) is 24.8 Å². The number of hydrogen-bond acceptors (Lipinski definition) is 3. The Morgan fingerprint density at radius 2 is 2.08 bits per heavy atom. The van der Waals surface area contributed by atoms with Crippen LogP contribution in [-0.4, -0.2) is 22.2 Å². The maximum atomic E-state index is 14.6. The molecule has 1 aliphatic rings. The molecule has 138 valence electrons. The summed E-state index contributed by atoms with van der Waals surface area (Å²) in [5, 5.41) is 10.2. The molecule has 1 aliphatic heterocycles. The molecule has 0 radical (unpaired) electrons. The quantitative estimate of drug-likeness (QED) is 0.847. The number of anilines is 1. The van der Waals surface area contributed by atoms with E-state index in [1.807, 2.05) is 26.0 Å². The smallest absolute Gasteiger partial charge is 0.249 e. The lowest BCUT2D eigenvalue weighted by molar-refractivity contribution is -0.119. The predicted molar refractivity (Wildman–Crippen MR) is 101 cm³/mol. The summed E-state index contributed by atoms with van der Waals surface area (Å²) in [6, 6.07) is 4.91. The zero-order valence-electron chi connectivity index (χ0n) is 14.4. The second-order valence-electron chi connectivity index (χ2n) is 6.03. The summed E-state index contributed by atoms with van der Waals surface area (Å²) in [5.74, 6) is -0.595. The number of nitrogens with zero attached hydrogens (tertiary/aromatic N) is 2. The van der Waals surface area contributed by atoms with Gasteiger partial charge in [-0.1, -0.05) is 6.07 Å². The van der Waals surface area contributed by atoms with Crippen LogP contribution in [0, 0.1) is 19.7 Å². The van der Waals surface area contributed by atoms with Gasteiger partial charge in [0.25, 0.3) is 0 Å². The standard InChI is InChI=1S/C17H21FN4O.2ClH/c1-10-8-11(2)22(21-10)12(3)17(23)20-15-5-4-13-9-19-7-6-14(13)16(15)18;;/h4-5,8,12,19H,6-7,9H2,1-3H3,(H,20,23);2*1H. The first-order chi connectivity index (χ1) is 11.0. The van der Waals surface area contributed by atoms with Crippen molar-refractivity contribution in [2.75, 3.05) is 11.9 Å². The number of halogens is 3. The van der Waals surface area contributed by atoms with E-state index in [-0.39, 0.29) is 42.2 Å². The van der Waals surface area contributed by atoms with Crippen molar-refractivity contribution in [2.45, 2.75) is 39.8 Å². The highest BCUT2D eigenvalue weighted by Gasteiger charge is 2.21. The largest absolute Gasteiger partial charge is 0.322 e. The third kappa shape index (κ3) is 4.32. The van der Waals surface area contributed by atoms with E-state index >= 15 is 0 Å². The van der Waals surface area contributed by atoms with Gasteiger partial charge < -0.3 is 10.6 Å². The molecule has 0 aliphatic carbocycles. The second kappa shape index (κ2) is 8.65. The van der Waals surface area contributed by atoms with E-state index in [1.54, 1.807) is 17.7 Å². The van der Waals surface area contributed by atoms with E-state index in [0.29, 0.717) is 18.5 Å². The van der Waals surface area contributed by atoms with Crippen molar-refractivity contribution in [1.29, 1.82) is 0 Å². The van der Waals surface area contributed by atoms with Crippen molar-refractivity contribution in [1.82, 2.24) is 15.1 Å². The van der Waals surface area contributed by atoms with Crippen molar-refractivity contribution in [3.63, 3.8) is 0 Å². The minimum Gasteiger partial charge on any atom is -0.322 e. The molecule has 0 fully saturated rings. The van der Waals surface area contributed by atoms with Crippen molar-refractivity contribution >= 4 is 36.4 Å². The van der Waals surface area contributed by atoms with Gasteiger partial charge in [-0.25, -0.2) is 4.39 Å². The molecule has 5 nitrogen and oxygen atoms in total. The third-order valence-corrected chi connectivity index (χ3v) is 4.26. The fourth-order valence-electron chi connectivity index (χ4n) is 3.02. The van der Waals surface area contributed by atoms with E-state index in [0.717, 1.165) is 23.5 Å². The predicted octanol–water partition coefficient (Wildman–Crippen LogP) is 3.33. The van der Waals surface area contributed by atoms with Crippen LogP contribution in [0.5, 0.6) is 0 Å². The van der Waals surface area contributed by atoms with Gasteiger partial charge in [0.2, 0.25) is 5.91 Å². The minimum atomic E-state index is -0.499. The molecule has 1 amide bonds. The third-order valence-electron chi connectivity index (χ3n) is 4.26. The van der Waals surface area contributed by atoms with Crippen molar-refractivity contribution in [3.05, 3.63) is 46.5 Å². The maximum Gasteiger partial charge on any atom is 0.249 e. The minimum absolute atomic E-state index is 0. The highest BCUT2D eigenvalue weighted by molar-refractivity contribution is 5.93. The lowest BCUT2D eigenvalue weighted by Crippen LogP contribution is -2.27. The Balaban J connectivity index is 0.00000156. The van der Waals surface area contributed by atoms with Gasteiger partial charge in [0, 0.05) is 12.2 Å². The van der Waals surface area contributed by atoms with Gasteiger partial charge in [0.05, 0.1) is 11.4 Å². The summed E-state index contributed by atoms with van der Waals surface area (Å²) < 4.78 is 16.3. The summed E-state index contributed by atoms with van der Waals surface area (Å²) in [5.41, 5.74) is 3.65. The van der Waals surface area contributed by atoms with Crippen molar-refractivity contribution in [2.24, 2.45) is 0 Å². The van der Waals surface area contributed by atoms with Crippen LogP contribution in [0.1, 0.15) is 35.5 Å². The number of aromatic nitrogens is 2. The summed E-state index contributed by atoms with van der Waals surface area (Å²) in [4.78, 5) is 12.4. The Morgan fingerprint density at radius 1 is 1.36 bits per heavy atom. The molecule has 0 saturated heterocycles. The zero-order valence-corrected chi connectivity index (χ0v) is 16.1. The molecule has 8 heteroatoms. The monoisotopic (exact) mass is 388 g/mol. The fraction of sp³-hybridized carbons (Fsp3) is 0.412. The van der Waals surface area contributed by atoms with Crippen LogP contribution in [0.3, 0.4) is 0 Å². The van der Waals surface area contributed by atoms with E-state index in [4.69, 9.17) is 0 Å². The van der Waals surface area contributed by atoms with Crippen molar-refractivity contribution in [3.8, 4) is 0 Å². The molecule has 1 aromatic heterocycles. The number of hydrogen-bond donors (Lipinski definition) is 2. The van der Waals surface area contributed by atoms with Crippen LogP contribution >= 0.6 is 24.8 Å². The van der Waals surface area contributed by atoms with Crippen LogP contribution in [0.4, 0.5) is 10.1 Å². The number of aryl methyl sites for hydroxylation is 2. The van der Waals surface area contributed by atoms with Gasteiger partial charge in [-0.2, -0.15) is 5.10 Å². The molecule has 2 aromatic rings. The van der Waals surface area contributed by atoms with E-state index in [2.05, 4.69) is 15.7 Å². The number of amides is 1. The summed E-state index contributed by atoms with van der Waals surface area (Å²) in [6.07, 6.45) is 0.637. The van der Waals surface area contributed by atoms with Gasteiger partial charge in [-0.05, 0) is 57.0 Å². The number of carbonyl (C=O) groups is 1. The Hall–Kier alpha value is -1.63. The highest BCUT2D eigenvalue weighted by atomic mass is 35.5. The van der Waals surface area contributed by atoms with Crippen molar-refractivity contribution < 1.29 is 9.18 Å². The SMILES string of the molecule is Cc1cc(C)n(C(C)C(=O)Nc2ccc3c(c2F)CCNC3)n1.Cl.Cl. The molecule has 2 N–H and O–H groups in total. The molecule has 1 unspecified atom stereocenters. The number of carbonyl (C=O) groups excluding carboxylic acids is 1. The first-order valence-corrected chi connectivity index (χ1v) is 7.82. The lowest BCUT2D eigenvalue weighted by Gasteiger charge is -2.20. The Labute approximate surface area is 159 Å². The molecule has 0 saturated carbocycles. The van der Waals surface area contributed by atoms with Gasteiger partial charge >= 0.3 is 0 Å². The van der Waals surface area contributed by atoms with E-state index in [9.17, 15) is 9.18 Å².